The van der Waals surface area contributed by atoms with E-state index in [1.165, 1.54) is 22.0 Å². The third-order valence-corrected chi connectivity index (χ3v) is 5.84. The maximum absolute atomic E-state index is 13.6. The fourth-order valence-corrected chi connectivity index (χ4v) is 3.95. The maximum Gasteiger partial charge on any atom is 0.262 e. The molecule has 1 unspecified atom stereocenters. The molecule has 0 aliphatic carbocycles. The second kappa shape index (κ2) is 11.8. The van der Waals surface area contributed by atoms with Crippen molar-refractivity contribution in [3.8, 4) is 11.5 Å². The Bertz CT molecular complexity index is 1070. The Balaban J connectivity index is 1.96. The minimum atomic E-state index is -0.455. The van der Waals surface area contributed by atoms with Crippen molar-refractivity contribution < 1.29 is 28.2 Å². The Morgan fingerprint density at radius 1 is 1.11 bits per heavy atom. The van der Waals surface area contributed by atoms with Crippen LogP contribution < -0.4 is 9.47 Å². The van der Waals surface area contributed by atoms with Crippen LogP contribution >= 0.6 is 0 Å². The highest BCUT2D eigenvalue weighted by Gasteiger charge is 2.35. The Hall–Kier alpha value is -3.46. The predicted octanol–water partition coefficient (Wildman–Crippen LogP) is 3.65. The number of amides is 2. The third kappa shape index (κ3) is 6.16. The molecule has 0 N–H and O–H groups in total. The number of carbonyl (C=O) groups excluding carboxylic acids is 2. The van der Waals surface area contributed by atoms with Crippen LogP contribution in [0.2, 0.25) is 0 Å². The van der Waals surface area contributed by atoms with Gasteiger partial charge in [-0.1, -0.05) is 26.0 Å². The summed E-state index contributed by atoms with van der Waals surface area (Å²) in [6.45, 7) is 4.03. The van der Waals surface area contributed by atoms with Crippen molar-refractivity contribution in [2.45, 2.75) is 26.3 Å². The minimum absolute atomic E-state index is 0.144. The number of halogens is 1. The van der Waals surface area contributed by atoms with Gasteiger partial charge >= 0.3 is 0 Å². The van der Waals surface area contributed by atoms with Crippen molar-refractivity contribution in [3.63, 3.8) is 0 Å². The molecule has 0 aromatic heterocycles. The van der Waals surface area contributed by atoms with Crippen molar-refractivity contribution in [2.24, 2.45) is 11.0 Å². The molecule has 0 saturated heterocycles. The fraction of sp³-hybridized carbons (Fsp3) is 0.423. The molecule has 3 rings (SSSR count). The second-order valence-corrected chi connectivity index (χ2v) is 8.53. The van der Waals surface area contributed by atoms with Crippen molar-refractivity contribution in [1.29, 1.82) is 0 Å². The van der Waals surface area contributed by atoms with Gasteiger partial charge in [-0.15, -0.1) is 0 Å². The molecule has 1 aliphatic rings. The third-order valence-electron chi connectivity index (χ3n) is 5.84. The summed E-state index contributed by atoms with van der Waals surface area (Å²) < 4.78 is 29.6. The molecule has 8 nitrogen and oxygen atoms in total. The van der Waals surface area contributed by atoms with E-state index in [4.69, 9.17) is 14.2 Å². The van der Waals surface area contributed by atoms with Crippen LogP contribution in [0.1, 0.15) is 37.4 Å². The zero-order chi connectivity index (χ0) is 25.5. The molecule has 0 bridgehead atoms. The Labute approximate surface area is 205 Å². The lowest BCUT2D eigenvalue weighted by Crippen LogP contribution is -2.44. The van der Waals surface area contributed by atoms with Crippen molar-refractivity contribution >= 4 is 17.5 Å². The molecule has 1 heterocycles. The monoisotopic (exact) mass is 485 g/mol. The van der Waals surface area contributed by atoms with E-state index in [-0.39, 0.29) is 36.6 Å². The van der Waals surface area contributed by atoms with Crippen LogP contribution in [0.3, 0.4) is 0 Å². The van der Waals surface area contributed by atoms with E-state index in [9.17, 15) is 14.0 Å². The molecule has 0 fully saturated rings. The van der Waals surface area contributed by atoms with Crippen LogP contribution in [-0.2, 0) is 14.3 Å². The molecule has 2 aromatic rings. The number of carbonyl (C=O) groups is 2. The van der Waals surface area contributed by atoms with Gasteiger partial charge in [0.2, 0.25) is 5.91 Å². The fourth-order valence-electron chi connectivity index (χ4n) is 3.95. The zero-order valence-corrected chi connectivity index (χ0v) is 20.8. The minimum Gasteiger partial charge on any atom is -0.497 e. The lowest BCUT2D eigenvalue weighted by atomic mass is 9.97. The van der Waals surface area contributed by atoms with Gasteiger partial charge in [0.15, 0.2) is 0 Å². The predicted molar refractivity (Wildman–Crippen MR) is 130 cm³/mol. The summed E-state index contributed by atoms with van der Waals surface area (Å²) in [5, 5.41) is 6.05. The molecule has 0 radical (unpaired) electrons. The second-order valence-electron chi connectivity index (χ2n) is 8.53. The van der Waals surface area contributed by atoms with Gasteiger partial charge in [-0.05, 0) is 29.8 Å². The lowest BCUT2D eigenvalue weighted by Gasteiger charge is -2.28. The summed E-state index contributed by atoms with van der Waals surface area (Å²) >= 11 is 0. The topological polar surface area (TPSA) is 80.7 Å². The van der Waals surface area contributed by atoms with Gasteiger partial charge in [-0.25, -0.2) is 9.40 Å². The van der Waals surface area contributed by atoms with Crippen LogP contribution in [0.25, 0.3) is 0 Å². The van der Waals surface area contributed by atoms with Crippen LogP contribution in [0.15, 0.2) is 47.6 Å². The van der Waals surface area contributed by atoms with E-state index in [2.05, 4.69) is 5.10 Å². The van der Waals surface area contributed by atoms with Gasteiger partial charge in [0, 0.05) is 37.6 Å². The summed E-state index contributed by atoms with van der Waals surface area (Å²) in [7, 11) is 4.67. The summed E-state index contributed by atoms with van der Waals surface area (Å²) in [4.78, 5) is 27.7. The van der Waals surface area contributed by atoms with E-state index >= 15 is 0 Å². The van der Waals surface area contributed by atoms with E-state index in [1.54, 1.807) is 59.4 Å². The summed E-state index contributed by atoms with van der Waals surface area (Å²) in [6.07, 6.45) is 0.399. The highest BCUT2D eigenvalue weighted by atomic mass is 19.1. The van der Waals surface area contributed by atoms with E-state index in [0.717, 1.165) is 11.1 Å². The first-order chi connectivity index (χ1) is 16.8. The number of methoxy groups -OCH3 is 3. The molecule has 1 atom stereocenters. The normalized spacial score (nSPS) is 15.2. The number of ether oxygens (including phenoxy) is 3. The number of benzene rings is 2. The highest BCUT2D eigenvalue weighted by molar-refractivity contribution is 6.05. The smallest absolute Gasteiger partial charge is 0.262 e. The standard InChI is InChI=1S/C26H32FN3O5/c1-17(2)26(32)29(12-13-33-3)16-25(31)30-23(18-6-8-19(27)9-7-18)15-22(28-30)21-11-10-20(34-4)14-24(21)35-5/h6-11,14,17,23H,12-13,15-16H2,1-5H3. The van der Waals surface area contributed by atoms with E-state index < -0.39 is 6.04 Å². The van der Waals surface area contributed by atoms with E-state index in [0.29, 0.717) is 30.2 Å². The molecule has 1 aliphatic heterocycles. The van der Waals surface area contributed by atoms with Gasteiger partial charge < -0.3 is 19.1 Å². The van der Waals surface area contributed by atoms with Gasteiger partial charge in [-0.2, -0.15) is 5.10 Å². The number of hydrazone groups is 1. The van der Waals surface area contributed by atoms with Crippen LogP contribution in [-0.4, -0.2) is 68.5 Å². The Morgan fingerprint density at radius 2 is 1.83 bits per heavy atom. The first-order valence-corrected chi connectivity index (χ1v) is 11.4. The quantitative estimate of drug-likeness (QED) is 0.513. The number of hydrogen-bond donors (Lipinski definition) is 0. The average Bonchev–Trinajstić information content (AvgIpc) is 3.31. The summed E-state index contributed by atoms with van der Waals surface area (Å²) in [5.74, 6) is 0.0747. The molecule has 0 spiro atoms. The molecule has 9 heteroatoms. The van der Waals surface area contributed by atoms with E-state index in [1.807, 2.05) is 6.07 Å². The molecule has 2 amide bonds. The molecular formula is C26H32FN3O5. The van der Waals surface area contributed by atoms with Gasteiger partial charge in [-0.3, -0.25) is 9.59 Å². The molecule has 188 valence electrons. The summed E-state index contributed by atoms with van der Waals surface area (Å²) in [5.41, 5.74) is 2.11. The number of rotatable bonds is 10. The van der Waals surface area contributed by atoms with Gasteiger partial charge in [0.25, 0.3) is 5.91 Å². The first kappa shape index (κ1) is 26.2. The molecular weight excluding hydrogens is 453 g/mol. The van der Waals surface area contributed by atoms with Gasteiger partial charge in [0.05, 0.1) is 32.6 Å². The maximum atomic E-state index is 13.6. The average molecular weight is 486 g/mol. The zero-order valence-electron chi connectivity index (χ0n) is 20.8. The Kier molecular flexibility index (Phi) is 8.81. The number of nitrogens with zero attached hydrogens (tertiary/aromatic N) is 3. The highest BCUT2D eigenvalue weighted by Crippen LogP contribution is 2.36. The largest absolute Gasteiger partial charge is 0.497 e. The van der Waals surface area contributed by atoms with Crippen molar-refractivity contribution in [1.82, 2.24) is 9.91 Å². The molecule has 2 aromatic carbocycles. The molecule has 35 heavy (non-hydrogen) atoms. The van der Waals surface area contributed by atoms with Crippen LogP contribution in [0.4, 0.5) is 4.39 Å². The Morgan fingerprint density at radius 3 is 2.43 bits per heavy atom. The van der Waals surface area contributed by atoms with Crippen molar-refractivity contribution in [2.75, 3.05) is 41.0 Å². The van der Waals surface area contributed by atoms with Gasteiger partial charge in [0.1, 0.15) is 23.9 Å². The SMILES string of the molecule is COCCN(CC(=O)N1N=C(c2ccc(OC)cc2OC)CC1c1ccc(F)cc1)C(=O)C(C)C. The van der Waals surface area contributed by atoms with Crippen molar-refractivity contribution in [3.05, 3.63) is 59.4 Å². The number of hydrogen-bond acceptors (Lipinski definition) is 6. The van der Waals surface area contributed by atoms with Crippen LogP contribution in [0, 0.1) is 11.7 Å². The first-order valence-electron chi connectivity index (χ1n) is 11.4. The lowest BCUT2D eigenvalue weighted by molar-refractivity contribution is -0.143. The molecule has 0 saturated carbocycles. The summed E-state index contributed by atoms with van der Waals surface area (Å²) in [6, 6.07) is 10.9. The van der Waals surface area contributed by atoms with Crippen LogP contribution in [0.5, 0.6) is 11.5 Å².